The predicted octanol–water partition coefficient (Wildman–Crippen LogP) is 4.03. The molecule has 5 aliphatic carbocycles. The molecule has 4 unspecified atom stereocenters. The van der Waals surface area contributed by atoms with Crippen LogP contribution in [0.25, 0.3) is 0 Å². The average Bonchev–Trinajstić information content (AvgIpc) is 3.58. The standard InChI is InChI=1S/C35H56F2O8/c1-17-14-22(35(36,37)30(4,5)42)44-26-23(17)31(6)12-13-34-16-33(34)11-10-21(45-28-25(40)24(39)18(38)15-43-28)29(2,3)19(33)8-9-20(34)32(31,7)27(26)41/h17-28,38-42H,8-16H2,1-7H3/t17?,18-,19+,20+,21+,22-,23?,24+,25-,26?,27+,28?,31-,32-,33-,34+/m1/s1. The van der Waals surface area contributed by atoms with Gasteiger partial charge < -0.3 is 39.7 Å². The normalized spacial score (nSPS) is 57.2. The van der Waals surface area contributed by atoms with Crippen molar-refractivity contribution in [2.24, 2.45) is 50.7 Å². The molecule has 7 rings (SSSR count). The van der Waals surface area contributed by atoms with E-state index >= 15 is 8.78 Å². The molecule has 16 atom stereocenters. The van der Waals surface area contributed by atoms with E-state index in [4.69, 9.17) is 14.2 Å². The molecule has 0 aromatic heterocycles. The highest BCUT2D eigenvalue weighted by Crippen LogP contribution is 2.89. The molecule has 10 heteroatoms. The first-order chi connectivity index (χ1) is 20.7. The average molecular weight is 643 g/mol. The van der Waals surface area contributed by atoms with Crippen LogP contribution >= 0.6 is 0 Å². The fourth-order valence-electron chi connectivity index (χ4n) is 13.2. The van der Waals surface area contributed by atoms with Gasteiger partial charge in [0.05, 0.1) is 24.9 Å². The molecule has 0 aromatic carbocycles. The molecule has 5 saturated carbocycles. The Morgan fingerprint density at radius 2 is 1.51 bits per heavy atom. The van der Waals surface area contributed by atoms with Crippen LogP contribution in [-0.2, 0) is 14.2 Å². The van der Waals surface area contributed by atoms with Crippen LogP contribution in [-0.4, -0.2) is 92.7 Å². The van der Waals surface area contributed by atoms with E-state index in [1.165, 1.54) is 0 Å². The molecule has 0 aromatic rings. The van der Waals surface area contributed by atoms with Gasteiger partial charge in [-0.05, 0) is 111 Å². The summed E-state index contributed by atoms with van der Waals surface area (Å²) in [5, 5.41) is 53.3. The number of aliphatic hydroxyl groups is 5. The molecule has 258 valence electrons. The van der Waals surface area contributed by atoms with Gasteiger partial charge in [0.1, 0.15) is 30.0 Å². The molecule has 0 bridgehead atoms. The molecular formula is C35H56F2O8. The van der Waals surface area contributed by atoms with Crippen LogP contribution in [0.15, 0.2) is 0 Å². The molecule has 2 saturated heterocycles. The van der Waals surface area contributed by atoms with Crippen molar-refractivity contribution in [3.8, 4) is 0 Å². The Balaban J connectivity index is 1.15. The van der Waals surface area contributed by atoms with Crippen LogP contribution in [0.5, 0.6) is 0 Å². The zero-order chi connectivity index (χ0) is 32.9. The van der Waals surface area contributed by atoms with Crippen LogP contribution in [0, 0.1) is 50.7 Å². The maximum Gasteiger partial charge on any atom is 0.301 e. The monoisotopic (exact) mass is 642 g/mol. The molecule has 2 heterocycles. The van der Waals surface area contributed by atoms with Crippen LogP contribution in [0.1, 0.15) is 99.8 Å². The Bertz CT molecular complexity index is 1190. The van der Waals surface area contributed by atoms with Crippen LogP contribution in [0.2, 0.25) is 0 Å². The minimum atomic E-state index is -3.44. The largest absolute Gasteiger partial charge is 0.390 e. The van der Waals surface area contributed by atoms with Crippen molar-refractivity contribution in [2.45, 2.75) is 160 Å². The fourth-order valence-corrected chi connectivity index (χ4v) is 13.2. The van der Waals surface area contributed by atoms with E-state index in [2.05, 4.69) is 27.7 Å². The van der Waals surface area contributed by atoms with Gasteiger partial charge in [-0.2, -0.15) is 0 Å². The van der Waals surface area contributed by atoms with Crippen molar-refractivity contribution in [3.63, 3.8) is 0 Å². The molecule has 0 radical (unpaired) electrons. The van der Waals surface area contributed by atoms with E-state index in [1.807, 2.05) is 6.92 Å². The summed E-state index contributed by atoms with van der Waals surface area (Å²) in [7, 11) is 0. The highest BCUT2D eigenvalue weighted by atomic mass is 19.3. The van der Waals surface area contributed by atoms with Gasteiger partial charge in [0.25, 0.3) is 0 Å². The second kappa shape index (κ2) is 9.83. The quantitative estimate of drug-likeness (QED) is 0.291. The number of hydrogen-bond donors (Lipinski definition) is 5. The second-order valence-corrected chi connectivity index (χ2v) is 18.1. The van der Waals surface area contributed by atoms with Crippen molar-refractivity contribution in [1.29, 1.82) is 0 Å². The number of alkyl halides is 2. The molecule has 8 nitrogen and oxygen atoms in total. The zero-order valence-corrected chi connectivity index (χ0v) is 28.0. The molecule has 7 fully saturated rings. The van der Waals surface area contributed by atoms with Crippen LogP contribution < -0.4 is 0 Å². The first-order valence-corrected chi connectivity index (χ1v) is 17.5. The Kier molecular flexibility index (Phi) is 7.22. The van der Waals surface area contributed by atoms with Crippen molar-refractivity contribution in [2.75, 3.05) is 6.61 Å². The van der Waals surface area contributed by atoms with E-state index in [0.717, 1.165) is 58.8 Å². The van der Waals surface area contributed by atoms with E-state index < -0.39 is 59.9 Å². The van der Waals surface area contributed by atoms with Gasteiger partial charge in [0, 0.05) is 5.41 Å². The highest BCUT2D eigenvalue weighted by Gasteiger charge is 2.85. The summed E-state index contributed by atoms with van der Waals surface area (Å²) in [5.74, 6) is -2.93. The van der Waals surface area contributed by atoms with Gasteiger partial charge >= 0.3 is 5.92 Å². The molecular weight excluding hydrogens is 586 g/mol. The van der Waals surface area contributed by atoms with Crippen LogP contribution in [0.3, 0.4) is 0 Å². The van der Waals surface area contributed by atoms with E-state index in [1.54, 1.807) is 0 Å². The van der Waals surface area contributed by atoms with Crippen molar-refractivity contribution < 1.29 is 48.5 Å². The second-order valence-electron chi connectivity index (χ2n) is 18.1. The van der Waals surface area contributed by atoms with E-state index in [9.17, 15) is 25.5 Å². The fraction of sp³-hybridized carbons (Fsp3) is 1.00. The summed E-state index contributed by atoms with van der Waals surface area (Å²) >= 11 is 0. The van der Waals surface area contributed by atoms with Gasteiger partial charge in [0.15, 0.2) is 6.29 Å². The summed E-state index contributed by atoms with van der Waals surface area (Å²) in [6.45, 7) is 13.2. The third kappa shape index (κ3) is 3.97. The van der Waals surface area contributed by atoms with Gasteiger partial charge in [-0.3, -0.25) is 0 Å². The van der Waals surface area contributed by atoms with Crippen molar-refractivity contribution >= 4 is 0 Å². The predicted molar refractivity (Wildman–Crippen MR) is 160 cm³/mol. The number of halogens is 2. The van der Waals surface area contributed by atoms with Crippen LogP contribution in [0.4, 0.5) is 8.78 Å². The minimum Gasteiger partial charge on any atom is -0.390 e. The number of aliphatic hydroxyl groups excluding tert-OH is 4. The van der Waals surface area contributed by atoms with E-state index in [-0.39, 0.29) is 58.5 Å². The maximum absolute atomic E-state index is 15.5. The number of hydrogen-bond acceptors (Lipinski definition) is 8. The minimum absolute atomic E-state index is 0.0347. The zero-order valence-electron chi connectivity index (χ0n) is 28.0. The number of rotatable bonds is 4. The highest BCUT2D eigenvalue weighted by molar-refractivity contribution is 5.33. The van der Waals surface area contributed by atoms with Gasteiger partial charge in [-0.15, -0.1) is 0 Å². The number of ether oxygens (including phenoxy) is 3. The lowest BCUT2D eigenvalue weighted by Crippen LogP contribution is -2.61. The lowest BCUT2D eigenvalue weighted by atomic mass is 9.41. The molecule has 2 spiro atoms. The van der Waals surface area contributed by atoms with Crippen molar-refractivity contribution in [1.82, 2.24) is 0 Å². The van der Waals surface area contributed by atoms with Gasteiger partial charge in [0.2, 0.25) is 0 Å². The lowest BCUT2D eigenvalue weighted by molar-refractivity contribution is -0.303. The third-order valence-electron chi connectivity index (χ3n) is 15.7. The topological polar surface area (TPSA) is 129 Å². The maximum atomic E-state index is 15.5. The third-order valence-corrected chi connectivity index (χ3v) is 15.7. The Hall–Kier alpha value is -0.460. The summed E-state index contributed by atoms with van der Waals surface area (Å²) in [5.41, 5.74) is -3.02. The molecule has 5 N–H and O–H groups in total. The molecule has 2 aliphatic heterocycles. The Morgan fingerprint density at radius 1 is 0.867 bits per heavy atom. The smallest absolute Gasteiger partial charge is 0.301 e. The first-order valence-electron chi connectivity index (χ1n) is 17.5. The summed E-state index contributed by atoms with van der Waals surface area (Å²) < 4.78 is 49.2. The van der Waals surface area contributed by atoms with Gasteiger partial charge in [-0.1, -0.05) is 34.6 Å². The first kappa shape index (κ1) is 33.1. The summed E-state index contributed by atoms with van der Waals surface area (Å²) in [6, 6.07) is 0. The summed E-state index contributed by atoms with van der Waals surface area (Å²) in [4.78, 5) is 0. The van der Waals surface area contributed by atoms with Gasteiger partial charge in [-0.25, -0.2) is 8.78 Å². The SMILES string of the molecule is CC1C[C@H](C(F)(F)C(C)(C)O)OC2C1[C@@]1(C)CC[C@@]34C[C@@]35CC[C@H](OC3OC[C@@H](O)[C@H](O)[C@H]3O)C(C)(C)[C@@H]5CC[C@H]4[C@]1(C)[C@H]2O. The van der Waals surface area contributed by atoms with E-state index in [0.29, 0.717) is 5.92 Å². The Morgan fingerprint density at radius 3 is 2.18 bits per heavy atom. The Labute approximate surface area is 266 Å². The molecule has 0 amide bonds. The molecule has 45 heavy (non-hydrogen) atoms. The lowest BCUT2D eigenvalue weighted by Gasteiger charge is -2.64. The van der Waals surface area contributed by atoms with Crippen molar-refractivity contribution in [3.05, 3.63) is 0 Å². The number of fused-ring (bicyclic) bond motifs is 4. The summed E-state index contributed by atoms with van der Waals surface area (Å²) in [6.07, 6.45) is -1.05. The molecule has 7 aliphatic rings.